The van der Waals surface area contributed by atoms with Crippen LogP contribution in [0.4, 0.5) is 10.1 Å². The Bertz CT molecular complexity index is 601. The molecular formula is C15H18FN3. The number of hydrogen-bond donors (Lipinski definition) is 1. The molecule has 3 rings (SSSR count). The Morgan fingerprint density at radius 3 is 2.95 bits per heavy atom. The molecule has 3 nitrogen and oxygen atoms in total. The molecule has 0 saturated carbocycles. The van der Waals surface area contributed by atoms with Crippen molar-refractivity contribution in [2.75, 3.05) is 11.9 Å². The number of aromatic nitrogens is 2. The average molecular weight is 259 g/mol. The van der Waals surface area contributed by atoms with Crippen LogP contribution >= 0.6 is 0 Å². The van der Waals surface area contributed by atoms with Crippen LogP contribution in [0.3, 0.4) is 0 Å². The summed E-state index contributed by atoms with van der Waals surface area (Å²) in [7, 11) is 1.88. The van der Waals surface area contributed by atoms with Crippen LogP contribution in [0.15, 0.2) is 24.5 Å². The van der Waals surface area contributed by atoms with Gasteiger partial charge in [-0.15, -0.1) is 0 Å². The fourth-order valence-electron chi connectivity index (χ4n) is 2.67. The number of halogens is 1. The molecule has 2 heterocycles. The third-order valence-corrected chi connectivity index (χ3v) is 3.66. The Kier molecular flexibility index (Phi) is 3.01. The van der Waals surface area contributed by atoms with Gasteiger partial charge in [0.05, 0.1) is 6.20 Å². The van der Waals surface area contributed by atoms with E-state index in [1.165, 1.54) is 5.56 Å². The fourth-order valence-corrected chi connectivity index (χ4v) is 2.67. The summed E-state index contributed by atoms with van der Waals surface area (Å²) in [6, 6.07) is 4.07. The van der Waals surface area contributed by atoms with Gasteiger partial charge in [-0.2, -0.15) is 5.10 Å². The zero-order chi connectivity index (χ0) is 13.4. The van der Waals surface area contributed by atoms with Gasteiger partial charge in [-0.1, -0.05) is 0 Å². The molecule has 0 aliphatic carbocycles. The van der Waals surface area contributed by atoms with Crippen molar-refractivity contribution in [2.24, 2.45) is 7.05 Å². The molecule has 1 aliphatic rings. The Balaban J connectivity index is 2.16. The topological polar surface area (TPSA) is 29.9 Å². The summed E-state index contributed by atoms with van der Waals surface area (Å²) >= 11 is 0. The lowest BCUT2D eigenvalue weighted by molar-refractivity contribution is 0.375. The minimum Gasteiger partial charge on any atom is -0.385 e. The summed E-state index contributed by atoms with van der Waals surface area (Å²) in [6.45, 7) is 2.56. The first-order chi connectivity index (χ1) is 9.15. The number of nitrogens with one attached hydrogen (secondary N) is 1. The van der Waals surface area contributed by atoms with Crippen molar-refractivity contribution in [1.82, 2.24) is 9.78 Å². The lowest BCUT2D eigenvalue weighted by Gasteiger charge is -2.21. The third kappa shape index (κ3) is 2.23. The van der Waals surface area contributed by atoms with Crippen molar-refractivity contribution in [3.63, 3.8) is 0 Å². The largest absolute Gasteiger partial charge is 0.385 e. The van der Waals surface area contributed by atoms with Crippen LogP contribution < -0.4 is 5.32 Å². The second kappa shape index (κ2) is 4.68. The summed E-state index contributed by atoms with van der Waals surface area (Å²) in [5.41, 5.74) is 5.04. The van der Waals surface area contributed by atoms with Crippen LogP contribution in [0.2, 0.25) is 0 Å². The summed E-state index contributed by atoms with van der Waals surface area (Å²) in [5, 5.41) is 7.54. The minimum absolute atomic E-state index is 0.737. The summed E-state index contributed by atoms with van der Waals surface area (Å²) in [4.78, 5) is 0. The van der Waals surface area contributed by atoms with E-state index in [0.717, 1.165) is 41.8 Å². The molecular weight excluding hydrogens is 241 g/mol. The van der Waals surface area contributed by atoms with Crippen LogP contribution in [0.25, 0.3) is 11.1 Å². The number of rotatable bonds is 2. The average Bonchev–Trinajstić information content (AvgIpc) is 2.83. The highest BCUT2D eigenvalue weighted by molar-refractivity contribution is 5.72. The predicted molar refractivity (Wildman–Crippen MR) is 75.0 cm³/mol. The van der Waals surface area contributed by atoms with Gasteiger partial charge in [0.2, 0.25) is 0 Å². The van der Waals surface area contributed by atoms with Gasteiger partial charge in [0.15, 0.2) is 0 Å². The predicted octanol–water partition coefficient (Wildman–Crippen LogP) is 3.48. The quantitative estimate of drug-likeness (QED) is 0.895. The van der Waals surface area contributed by atoms with Crippen molar-refractivity contribution in [3.8, 4) is 11.1 Å². The number of anilines is 1. The van der Waals surface area contributed by atoms with Gasteiger partial charge in [-0.3, -0.25) is 4.68 Å². The van der Waals surface area contributed by atoms with E-state index in [2.05, 4.69) is 16.5 Å². The highest BCUT2D eigenvalue weighted by atomic mass is 19.1. The number of alkyl halides is 1. The zero-order valence-corrected chi connectivity index (χ0v) is 11.3. The van der Waals surface area contributed by atoms with Crippen molar-refractivity contribution >= 4 is 5.69 Å². The maximum atomic E-state index is 13.9. The van der Waals surface area contributed by atoms with Crippen LogP contribution in [-0.2, 0) is 13.5 Å². The molecule has 1 N–H and O–H groups in total. The Labute approximate surface area is 112 Å². The van der Waals surface area contributed by atoms with E-state index >= 15 is 0 Å². The van der Waals surface area contributed by atoms with Gasteiger partial charge >= 0.3 is 0 Å². The van der Waals surface area contributed by atoms with Crippen molar-refractivity contribution < 1.29 is 4.39 Å². The molecule has 0 radical (unpaired) electrons. The Morgan fingerprint density at radius 2 is 2.26 bits per heavy atom. The maximum absolute atomic E-state index is 13.9. The molecule has 0 saturated heterocycles. The molecule has 0 fully saturated rings. The molecule has 0 bridgehead atoms. The number of nitrogens with zero attached hydrogens (tertiary/aromatic N) is 2. The molecule has 19 heavy (non-hydrogen) atoms. The van der Waals surface area contributed by atoms with Gasteiger partial charge in [-0.05, 0) is 48.6 Å². The minimum atomic E-state index is -0.982. The maximum Gasteiger partial charge on any atom is 0.123 e. The van der Waals surface area contributed by atoms with Crippen molar-refractivity contribution in [1.29, 1.82) is 0 Å². The summed E-state index contributed by atoms with van der Waals surface area (Å²) < 4.78 is 15.7. The van der Waals surface area contributed by atoms with Gasteiger partial charge in [0.1, 0.15) is 6.17 Å². The van der Waals surface area contributed by atoms with E-state index < -0.39 is 6.17 Å². The van der Waals surface area contributed by atoms with Crippen LogP contribution in [0.1, 0.15) is 30.6 Å². The first-order valence-corrected chi connectivity index (χ1v) is 6.69. The molecule has 1 aliphatic heterocycles. The molecule has 0 amide bonds. The van der Waals surface area contributed by atoms with Gasteiger partial charge in [-0.25, -0.2) is 4.39 Å². The van der Waals surface area contributed by atoms with Gasteiger partial charge in [0, 0.05) is 31.0 Å². The van der Waals surface area contributed by atoms with E-state index in [0.29, 0.717) is 0 Å². The summed E-state index contributed by atoms with van der Waals surface area (Å²) in [6.07, 6.45) is 4.93. The molecule has 0 spiro atoms. The van der Waals surface area contributed by atoms with Gasteiger partial charge < -0.3 is 5.32 Å². The molecule has 1 aromatic carbocycles. The second-order valence-corrected chi connectivity index (χ2v) is 5.15. The number of benzene rings is 1. The zero-order valence-electron chi connectivity index (χ0n) is 11.3. The second-order valence-electron chi connectivity index (χ2n) is 5.15. The number of hydrogen-bond acceptors (Lipinski definition) is 2. The molecule has 4 heteroatoms. The normalized spacial score (nSPS) is 15.7. The Hall–Kier alpha value is -1.84. The van der Waals surface area contributed by atoms with Crippen LogP contribution in [0.5, 0.6) is 0 Å². The highest BCUT2D eigenvalue weighted by Gasteiger charge is 2.18. The van der Waals surface area contributed by atoms with E-state index in [1.807, 2.05) is 19.3 Å². The molecule has 1 aromatic heterocycles. The fraction of sp³-hybridized carbons (Fsp3) is 0.400. The van der Waals surface area contributed by atoms with Crippen molar-refractivity contribution in [2.45, 2.75) is 25.9 Å². The standard InChI is InChI=1S/C15H18FN3/c1-10(16)13-7-15-11(4-3-5-17-15)6-14(13)12-8-18-19(2)9-12/h6-10,17H,3-5H2,1-2H3. The molecule has 100 valence electrons. The first kappa shape index (κ1) is 12.2. The molecule has 1 atom stereocenters. The lowest BCUT2D eigenvalue weighted by Crippen LogP contribution is -2.12. The summed E-state index contributed by atoms with van der Waals surface area (Å²) in [5.74, 6) is 0. The van der Waals surface area contributed by atoms with E-state index in [9.17, 15) is 4.39 Å². The highest BCUT2D eigenvalue weighted by Crippen LogP contribution is 2.36. The molecule has 2 aromatic rings. The van der Waals surface area contributed by atoms with Gasteiger partial charge in [0.25, 0.3) is 0 Å². The monoisotopic (exact) mass is 259 g/mol. The van der Waals surface area contributed by atoms with E-state index in [-0.39, 0.29) is 0 Å². The first-order valence-electron chi connectivity index (χ1n) is 6.69. The third-order valence-electron chi connectivity index (χ3n) is 3.66. The van der Waals surface area contributed by atoms with Crippen LogP contribution in [0, 0.1) is 0 Å². The molecule has 1 unspecified atom stereocenters. The van der Waals surface area contributed by atoms with E-state index in [1.54, 1.807) is 17.8 Å². The number of aryl methyl sites for hydroxylation is 2. The number of fused-ring (bicyclic) bond motifs is 1. The smallest absolute Gasteiger partial charge is 0.123 e. The lowest BCUT2D eigenvalue weighted by atomic mass is 9.92. The van der Waals surface area contributed by atoms with Crippen LogP contribution in [-0.4, -0.2) is 16.3 Å². The van der Waals surface area contributed by atoms with Crippen molar-refractivity contribution in [3.05, 3.63) is 35.7 Å². The SMILES string of the molecule is CC(F)c1cc2c(cc1-c1cnn(C)c1)CCCN2. The Morgan fingerprint density at radius 1 is 1.42 bits per heavy atom. The van der Waals surface area contributed by atoms with E-state index in [4.69, 9.17) is 0 Å².